The zero-order valence-electron chi connectivity index (χ0n) is 10.9. The lowest BCUT2D eigenvalue weighted by molar-refractivity contribution is 0.118. The Balaban J connectivity index is 1.84. The van der Waals surface area contributed by atoms with E-state index < -0.39 is 10.0 Å². The third-order valence-corrected chi connectivity index (χ3v) is 6.34. The summed E-state index contributed by atoms with van der Waals surface area (Å²) in [4.78, 5) is 2.55. The first kappa shape index (κ1) is 14.6. The third kappa shape index (κ3) is 3.59. The number of sulfonamides is 1. The Morgan fingerprint density at radius 3 is 2.17 bits per heavy atom. The summed E-state index contributed by atoms with van der Waals surface area (Å²) in [6.07, 6.45) is 5.89. The van der Waals surface area contributed by atoms with Crippen molar-refractivity contribution in [1.29, 1.82) is 0 Å². The van der Waals surface area contributed by atoms with Crippen LogP contribution >= 0.6 is 11.6 Å². The molecule has 0 aromatic carbocycles. The van der Waals surface area contributed by atoms with E-state index in [2.05, 4.69) is 4.90 Å². The summed E-state index contributed by atoms with van der Waals surface area (Å²) in [5.41, 5.74) is 0. The van der Waals surface area contributed by atoms with Crippen molar-refractivity contribution in [1.82, 2.24) is 9.21 Å². The van der Waals surface area contributed by atoms with Crippen LogP contribution in [0.15, 0.2) is 0 Å². The van der Waals surface area contributed by atoms with Gasteiger partial charge in [0.2, 0.25) is 10.0 Å². The molecule has 0 unspecified atom stereocenters. The van der Waals surface area contributed by atoms with E-state index in [-0.39, 0.29) is 11.6 Å². The van der Waals surface area contributed by atoms with Crippen LogP contribution in [-0.2, 0) is 10.0 Å². The fourth-order valence-corrected chi connectivity index (χ4v) is 4.80. The second-order valence-corrected chi connectivity index (χ2v) is 7.70. The minimum atomic E-state index is -3.10. The van der Waals surface area contributed by atoms with E-state index >= 15 is 0 Å². The molecule has 2 rings (SSSR count). The molecule has 2 saturated heterocycles. The Morgan fingerprint density at radius 2 is 1.61 bits per heavy atom. The van der Waals surface area contributed by atoms with Crippen molar-refractivity contribution >= 4 is 21.6 Å². The van der Waals surface area contributed by atoms with E-state index in [1.54, 1.807) is 4.31 Å². The van der Waals surface area contributed by atoms with Crippen molar-refractivity contribution in [3.05, 3.63) is 0 Å². The number of hydrogen-bond donors (Lipinski definition) is 0. The number of hydrogen-bond acceptors (Lipinski definition) is 3. The SMILES string of the molecule is O=S(=O)(CCCl)N1CCC(N2CCCCC2)CC1. The molecule has 0 atom stereocenters. The molecule has 0 aromatic rings. The zero-order valence-corrected chi connectivity index (χ0v) is 12.4. The molecule has 0 aromatic heterocycles. The summed E-state index contributed by atoms with van der Waals surface area (Å²) < 4.78 is 25.4. The second-order valence-electron chi connectivity index (χ2n) is 5.23. The molecule has 0 radical (unpaired) electrons. The molecular formula is C12H23ClN2O2S. The molecular weight excluding hydrogens is 272 g/mol. The van der Waals surface area contributed by atoms with Crippen LogP contribution in [0.5, 0.6) is 0 Å². The van der Waals surface area contributed by atoms with Gasteiger partial charge in [-0.3, -0.25) is 0 Å². The lowest BCUT2D eigenvalue weighted by atomic mass is 10.0. The molecule has 4 nitrogen and oxygen atoms in total. The summed E-state index contributed by atoms with van der Waals surface area (Å²) in [6, 6.07) is 0.591. The fraction of sp³-hybridized carbons (Fsp3) is 1.00. The van der Waals surface area contributed by atoms with Gasteiger partial charge in [-0.1, -0.05) is 6.42 Å². The van der Waals surface area contributed by atoms with E-state index in [0.717, 1.165) is 12.8 Å². The molecule has 0 spiro atoms. The maximum absolute atomic E-state index is 11.9. The Hall–Kier alpha value is 0.160. The molecule has 2 heterocycles. The zero-order chi connectivity index (χ0) is 13.0. The Bertz CT molecular complexity index is 347. The molecule has 0 aliphatic carbocycles. The van der Waals surface area contributed by atoms with Crippen LogP contribution < -0.4 is 0 Å². The molecule has 106 valence electrons. The lowest BCUT2D eigenvalue weighted by Crippen LogP contribution is -2.48. The van der Waals surface area contributed by atoms with Gasteiger partial charge in [-0.25, -0.2) is 12.7 Å². The Morgan fingerprint density at radius 1 is 1.00 bits per heavy atom. The second kappa shape index (κ2) is 6.55. The summed E-state index contributed by atoms with van der Waals surface area (Å²) in [6.45, 7) is 3.72. The molecule has 0 N–H and O–H groups in total. The Kier molecular flexibility index (Phi) is 5.30. The number of halogens is 1. The number of nitrogens with zero attached hydrogens (tertiary/aromatic N) is 2. The minimum Gasteiger partial charge on any atom is -0.300 e. The first-order valence-electron chi connectivity index (χ1n) is 6.91. The first-order valence-corrected chi connectivity index (χ1v) is 9.06. The van der Waals surface area contributed by atoms with Crippen molar-refractivity contribution in [2.24, 2.45) is 0 Å². The fourth-order valence-electron chi connectivity index (χ4n) is 3.00. The van der Waals surface area contributed by atoms with Crippen LogP contribution in [0, 0.1) is 0 Å². The third-order valence-electron chi connectivity index (χ3n) is 4.06. The smallest absolute Gasteiger partial charge is 0.215 e. The molecule has 0 bridgehead atoms. The highest BCUT2D eigenvalue weighted by atomic mass is 35.5. The molecule has 2 aliphatic heterocycles. The van der Waals surface area contributed by atoms with Gasteiger partial charge in [0.25, 0.3) is 0 Å². The van der Waals surface area contributed by atoms with E-state index in [0.29, 0.717) is 19.1 Å². The molecule has 2 fully saturated rings. The Labute approximate surface area is 115 Å². The van der Waals surface area contributed by atoms with Crippen LogP contribution in [0.1, 0.15) is 32.1 Å². The van der Waals surface area contributed by atoms with Crippen LogP contribution in [0.2, 0.25) is 0 Å². The quantitative estimate of drug-likeness (QED) is 0.738. The van der Waals surface area contributed by atoms with E-state index in [9.17, 15) is 8.42 Å². The van der Waals surface area contributed by atoms with Gasteiger partial charge in [0.1, 0.15) is 0 Å². The largest absolute Gasteiger partial charge is 0.300 e. The average molecular weight is 295 g/mol. The highest BCUT2D eigenvalue weighted by molar-refractivity contribution is 7.89. The summed E-state index contributed by atoms with van der Waals surface area (Å²) >= 11 is 5.54. The maximum Gasteiger partial charge on any atom is 0.215 e. The normalized spacial score (nSPS) is 25.4. The van der Waals surface area contributed by atoms with Crippen LogP contribution in [0.3, 0.4) is 0 Å². The van der Waals surface area contributed by atoms with Crippen molar-refractivity contribution < 1.29 is 8.42 Å². The van der Waals surface area contributed by atoms with Gasteiger partial charge in [0.05, 0.1) is 5.75 Å². The number of rotatable bonds is 4. The van der Waals surface area contributed by atoms with Crippen molar-refractivity contribution in [2.75, 3.05) is 37.8 Å². The first-order chi connectivity index (χ1) is 8.63. The van der Waals surface area contributed by atoms with Gasteiger partial charge >= 0.3 is 0 Å². The average Bonchev–Trinajstić information content (AvgIpc) is 2.40. The van der Waals surface area contributed by atoms with Gasteiger partial charge in [0.15, 0.2) is 0 Å². The lowest BCUT2D eigenvalue weighted by Gasteiger charge is -2.39. The van der Waals surface area contributed by atoms with Crippen molar-refractivity contribution in [3.8, 4) is 0 Å². The molecule has 18 heavy (non-hydrogen) atoms. The minimum absolute atomic E-state index is 0.0724. The van der Waals surface area contributed by atoms with Gasteiger partial charge < -0.3 is 4.90 Å². The van der Waals surface area contributed by atoms with Gasteiger partial charge in [0, 0.05) is 25.0 Å². The molecule has 0 saturated carbocycles. The highest BCUT2D eigenvalue weighted by Gasteiger charge is 2.30. The van der Waals surface area contributed by atoms with E-state index in [4.69, 9.17) is 11.6 Å². The van der Waals surface area contributed by atoms with Gasteiger partial charge in [-0.05, 0) is 38.8 Å². The van der Waals surface area contributed by atoms with Crippen LogP contribution in [0.25, 0.3) is 0 Å². The van der Waals surface area contributed by atoms with Crippen molar-refractivity contribution in [3.63, 3.8) is 0 Å². The van der Waals surface area contributed by atoms with Crippen LogP contribution in [0.4, 0.5) is 0 Å². The number of piperidine rings is 2. The number of likely N-dealkylation sites (tertiary alicyclic amines) is 1. The van der Waals surface area contributed by atoms with Gasteiger partial charge in [-0.15, -0.1) is 11.6 Å². The predicted molar refractivity (Wildman–Crippen MR) is 74.5 cm³/mol. The predicted octanol–water partition coefficient (Wildman–Crippen LogP) is 1.51. The summed E-state index contributed by atoms with van der Waals surface area (Å²) in [5.74, 6) is 0.261. The van der Waals surface area contributed by atoms with Gasteiger partial charge in [-0.2, -0.15) is 0 Å². The molecule has 6 heteroatoms. The maximum atomic E-state index is 11.9. The van der Waals surface area contributed by atoms with E-state index in [1.807, 2.05) is 0 Å². The topological polar surface area (TPSA) is 40.6 Å². The summed E-state index contributed by atoms with van der Waals surface area (Å²) in [7, 11) is -3.10. The molecule has 0 amide bonds. The van der Waals surface area contributed by atoms with E-state index in [1.165, 1.54) is 32.4 Å². The molecule has 2 aliphatic rings. The standard InChI is InChI=1S/C12H23ClN2O2S/c13-6-11-18(16,17)15-9-4-12(5-10-15)14-7-2-1-3-8-14/h12H,1-11H2. The van der Waals surface area contributed by atoms with Crippen molar-refractivity contribution in [2.45, 2.75) is 38.1 Å². The monoisotopic (exact) mass is 294 g/mol. The summed E-state index contributed by atoms with van der Waals surface area (Å²) in [5, 5.41) is 0. The highest BCUT2D eigenvalue weighted by Crippen LogP contribution is 2.22. The number of alkyl halides is 1. The van der Waals surface area contributed by atoms with Crippen LogP contribution in [-0.4, -0.2) is 61.5 Å².